The lowest BCUT2D eigenvalue weighted by Gasteiger charge is -2.09. The van der Waals surface area contributed by atoms with Crippen LogP contribution in [0.5, 0.6) is 11.5 Å². The molecule has 0 saturated carbocycles. The summed E-state index contributed by atoms with van der Waals surface area (Å²) >= 11 is 1.22. The summed E-state index contributed by atoms with van der Waals surface area (Å²) in [4.78, 5) is 15.2. The van der Waals surface area contributed by atoms with E-state index in [-0.39, 0.29) is 6.79 Å². The van der Waals surface area contributed by atoms with Gasteiger partial charge in [-0.05, 0) is 30.5 Å². The minimum Gasteiger partial charge on any atom is -0.480 e. The SMILES string of the molecule is CC(Sc1nccc2cc3c(cc12)OCO3)C(=O)O. The van der Waals surface area contributed by atoms with Crippen molar-refractivity contribution in [3.8, 4) is 11.5 Å². The Morgan fingerprint density at radius 1 is 1.42 bits per heavy atom. The highest BCUT2D eigenvalue weighted by Crippen LogP contribution is 2.39. The molecule has 0 saturated heterocycles. The normalized spacial score (nSPS) is 14.6. The van der Waals surface area contributed by atoms with Crippen LogP contribution in [0.25, 0.3) is 10.8 Å². The highest BCUT2D eigenvalue weighted by Gasteiger charge is 2.19. The third kappa shape index (κ3) is 2.19. The van der Waals surface area contributed by atoms with E-state index >= 15 is 0 Å². The molecule has 1 aliphatic heterocycles. The molecule has 0 spiro atoms. The van der Waals surface area contributed by atoms with Crippen molar-refractivity contribution >= 4 is 28.5 Å². The van der Waals surface area contributed by atoms with Gasteiger partial charge in [0.1, 0.15) is 10.3 Å². The van der Waals surface area contributed by atoms with Gasteiger partial charge in [0.25, 0.3) is 0 Å². The molecule has 6 heteroatoms. The molecule has 1 aromatic heterocycles. The maximum absolute atomic E-state index is 10.9. The zero-order valence-corrected chi connectivity index (χ0v) is 10.9. The van der Waals surface area contributed by atoms with Gasteiger partial charge in [-0.3, -0.25) is 4.79 Å². The molecule has 2 aromatic rings. The molecule has 3 rings (SSSR count). The zero-order valence-electron chi connectivity index (χ0n) is 10.1. The molecule has 98 valence electrons. The number of carbonyl (C=O) groups is 1. The predicted octanol–water partition coefficient (Wildman–Crippen LogP) is 2.53. The molecule has 1 aromatic carbocycles. The van der Waals surface area contributed by atoms with Crippen LogP contribution < -0.4 is 9.47 Å². The summed E-state index contributed by atoms with van der Waals surface area (Å²) < 4.78 is 10.7. The topological polar surface area (TPSA) is 68.7 Å². The number of ether oxygens (including phenoxy) is 2. The van der Waals surface area contributed by atoms with Crippen molar-refractivity contribution < 1.29 is 19.4 Å². The molecule has 1 atom stereocenters. The third-order valence-electron chi connectivity index (χ3n) is 2.86. The highest BCUT2D eigenvalue weighted by atomic mass is 32.2. The fourth-order valence-corrected chi connectivity index (χ4v) is 2.71. The van der Waals surface area contributed by atoms with E-state index < -0.39 is 11.2 Å². The number of aromatic nitrogens is 1. The molecule has 0 bridgehead atoms. The predicted molar refractivity (Wildman–Crippen MR) is 70.8 cm³/mol. The van der Waals surface area contributed by atoms with Gasteiger partial charge in [-0.2, -0.15) is 0 Å². The Balaban J connectivity index is 2.07. The summed E-state index contributed by atoms with van der Waals surface area (Å²) in [6.45, 7) is 1.85. The van der Waals surface area contributed by atoms with E-state index in [1.54, 1.807) is 13.1 Å². The molecule has 1 unspecified atom stereocenters. The van der Waals surface area contributed by atoms with Crippen molar-refractivity contribution in [1.29, 1.82) is 0 Å². The largest absolute Gasteiger partial charge is 0.480 e. The molecule has 1 aliphatic rings. The second kappa shape index (κ2) is 4.62. The first kappa shape index (κ1) is 12.1. The van der Waals surface area contributed by atoms with Crippen LogP contribution >= 0.6 is 11.8 Å². The number of fused-ring (bicyclic) bond motifs is 2. The van der Waals surface area contributed by atoms with Crippen molar-refractivity contribution in [3.05, 3.63) is 24.4 Å². The molecule has 19 heavy (non-hydrogen) atoms. The van der Waals surface area contributed by atoms with E-state index in [1.165, 1.54) is 11.8 Å². The number of thioether (sulfide) groups is 1. The lowest BCUT2D eigenvalue weighted by Crippen LogP contribution is -2.11. The van der Waals surface area contributed by atoms with Crippen LogP contribution in [0.1, 0.15) is 6.92 Å². The number of hydrogen-bond acceptors (Lipinski definition) is 5. The lowest BCUT2D eigenvalue weighted by molar-refractivity contribution is -0.136. The monoisotopic (exact) mass is 277 g/mol. The van der Waals surface area contributed by atoms with Gasteiger partial charge >= 0.3 is 5.97 Å². The number of rotatable bonds is 3. The van der Waals surface area contributed by atoms with E-state index in [1.807, 2.05) is 18.2 Å². The van der Waals surface area contributed by atoms with Gasteiger partial charge < -0.3 is 14.6 Å². The minimum absolute atomic E-state index is 0.215. The van der Waals surface area contributed by atoms with Crippen LogP contribution in [0, 0.1) is 0 Å². The quantitative estimate of drug-likeness (QED) is 0.869. The molecule has 2 heterocycles. The summed E-state index contributed by atoms with van der Waals surface area (Å²) in [5, 5.41) is 10.9. The number of pyridine rings is 1. The van der Waals surface area contributed by atoms with Gasteiger partial charge in [0.2, 0.25) is 6.79 Å². The first-order chi connectivity index (χ1) is 9.15. The zero-order chi connectivity index (χ0) is 13.4. The Morgan fingerprint density at radius 2 is 2.16 bits per heavy atom. The summed E-state index contributed by atoms with van der Waals surface area (Å²) in [6, 6.07) is 5.60. The van der Waals surface area contributed by atoms with Crippen LogP contribution in [-0.2, 0) is 4.79 Å². The van der Waals surface area contributed by atoms with Crippen LogP contribution in [0.4, 0.5) is 0 Å². The summed E-state index contributed by atoms with van der Waals surface area (Å²) in [5.41, 5.74) is 0. The number of carboxylic acid groups (broad SMARTS) is 1. The number of benzene rings is 1. The van der Waals surface area contributed by atoms with Crippen LogP contribution in [0.15, 0.2) is 29.4 Å². The van der Waals surface area contributed by atoms with E-state index in [0.717, 1.165) is 10.8 Å². The standard InChI is InChI=1S/C13H11NO4S/c1-7(13(15)16)19-12-9-5-11-10(17-6-18-11)4-8(9)2-3-14-12/h2-5,7H,6H2,1H3,(H,15,16). The van der Waals surface area contributed by atoms with Crippen LogP contribution in [-0.4, -0.2) is 28.1 Å². The number of carboxylic acids is 1. The van der Waals surface area contributed by atoms with Crippen molar-refractivity contribution in [1.82, 2.24) is 4.98 Å². The minimum atomic E-state index is -0.857. The Kier molecular flexibility index (Phi) is 2.94. The smallest absolute Gasteiger partial charge is 0.316 e. The van der Waals surface area contributed by atoms with E-state index in [0.29, 0.717) is 16.5 Å². The van der Waals surface area contributed by atoms with Crippen molar-refractivity contribution in [3.63, 3.8) is 0 Å². The van der Waals surface area contributed by atoms with Crippen molar-refractivity contribution in [2.45, 2.75) is 17.2 Å². The Morgan fingerprint density at radius 3 is 2.89 bits per heavy atom. The number of aliphatic carboxylic acids is 1. The fraction of sp³-hybridized carbons (Fsp3) is 0.231. The maximum Gasteiger partial charge on any atom is 0.316 e. The maximum atomic E-state index is 10.9. The third-order valence-corrected chi connectivity index (χ3v) is 3.96. The summed E-state index contributed by atoms with van der Waals surface area (Å²) in [7, 11) is 0. The summed E-state index contributed by atoms with van der Waals surface area (Å²) in [5.74, 6) is 0.524. The van der Waals surface area contributed by atoms with Gasteiger partial charge in [0, 0.05) is 11.6 Å². The highest BCUT2D eigenvalue weighted by molar-refractivity contribution is 8.00. The number of nitrogens with zero attached hydrogens (tertiary/aromatic N) is 1. The van der Waals surface area contributed by atoms with Gasteiger partial charge in [0.05, 0.1) is 0 Å². The molecule has 0 aliphatic carbocycles. The summed E-state index contributed by atoms with van der Waals surface area (Å²) in [6.07, 6.45) is 1.67. The van der Waals surface area contributed by atoms with Crippen molar-refractivity contribution in [2.24, 2.45) is 0 Å². The second-order valence-corrected chi connectivity index (χ2v) is 5.47. The molecular formula is C13H11NO4S. The first-order valence-electron chi connectivity index (χ1n) is 5.73. The lowest BCUT2D eigenvalue weighted by atomic mass is 10.1. The van der Waals surface area contributed by atoms with Gasteiger partial charge in [-0.25, -0.2) is 4.98 Å². The fourth-order valence-electron chi connectivity index (χ4n) is 1.85. The average Bonchev–Trinajstić information content (AvgIpc) is 2.83. The average molecular weight is 277 g/mol. The van der Waals surface area contributed by atoms with E-state index in [2.05, 4.69) is 4.98 Å². The van der Waals surface area contributed by atoms with Gasteiger partial charge in [0.15, 0.2) is 11.5 Å². The molecule has 5 nitrogen and oxygen atoms in total. The van der Waals surface area contributed by atoms with Gasteiger partial charge in [-0.1, -0.05) is 11.8 Å². The molecule has 0 radical (unpaired) electrons. The van der Waals surface area contributed by atoms with Gasteiger partial charge in [-0.15, -0.1) is 0 Å². The van der Waals surface area contributed by atoms with Crippen molar-refractivity contribution in [2.75, 3.05) is 6.79 Å². The molecule has 0 amide bonds. The second-order valence-electron chi connectivity index (χ2n) is 4.14. The van der Waals surface area contributed by atoms with E-state index in [4.69, 9.17) is 14.6 Å². The molecule has 1 N–H and O–H groups in total. The Hall–Kier alpha value is -1.95. The van der Waals surface area contributed by atoms with Crippen LogP contribution in [0.3, 0.4) is 0 Å². The number of hydrogen-bond donors (Lipinski definition) is 1. The Labute approximate surface area is 113 Å². The van der Waals surface area contributed by atoms with E-state index in [9.17, 15) is 4.79 Å². The molecular weight excluding hydrogens is 266 g/mol. The molecule has 0 fully saturated rings. The Bertz CT molecular complexity index is 658. The first-order valence-corrected chi connectivity index (χ1v) is 6.61. The van der Waals surface area contributed by atoms with Crippen LogP contribution in [0.2, 0.25) is 0 Å².